The Morgan fingerprint density at radius 1 is 1.14 bits per heavy atom. The minimum Gasteiger partial charge on any atom is -0.373 e. The second kappa shape index (κ2) is 10.0. The molecule has 2 aliphatic heterocycles. The van der Waals surface area contributed by atoms with E-state index in [-0.39, 0.29) is 41.7 Å². The molecule has 2 fully saturated rings. The Hall–Kier alpha value is -1.20. The van der Waals surface area contributed by atoms with Crippen LogP contribution in [0.25, 0.3) is 0 Å². The highest BCUT2D eigenvalue weighted by atomic mass is 127. The van der Waals surface area contributed by atoms with Gasteiger partial charge in [-0.2, -0.15) is 0 Å². The predicted molar refractivity (Wildman–Crippen MR) is 123 cm³/mol. The average molecular weight is 503 g/mol. The number of morpholine rings is 1. The molecule has 1 aromatic heterocycles. The third-order valence-corrected chi connectivity index (χ3v) is 5.34. The fourth-order valence-electron chi connectivity index (χ4n) is 3.74. The summed E-state index contributed by atoms with van der Waals surface area (Å²) in [7, 11) is 0. The molecule has 0 saturated carbocycles. The fourth-order valence-corrected chi connectivity index (χ4v) is 3.74. The maximum absolute atomic E-state index is 6.31. The maximum Gasteiger partial charge on any atom is 0.225 e. The van der Waals surface area contributed by atoms with E-state index in [2.05, 4.69) is 52.4 Å². The van der Waals surface area contributed by atoms with Gasteiger partial charge in [0.2, 0.25) is 5.95 Å². The summed E-state index contributed by atoms with van der Waals surface area (Å²) >= 11 is 0. The zero-order valence-electron chi connectivity index (χ0n) is 17.4. The Kier molecular flexibility index (Phi) is 8.26. The second-order valence-corrected chi connectivity index (χ2v) is 8.17. The summed E-state index contributed by atoms with van der Waals surface area (Å²) in [5, 5.41) is 0. The highest BCUT2D eigenvalue weighted by molar-refractivity contribution is 14.0. The lowest BCUT2D eigenvalue weighted by Crippen LogP contribution is -2.56. The van der Waals surface area contributed by atoms with Crippen LogP contribution < -0.4 is 10.6 Å². The monoisotopic (exact) mass is 503 g/mol. The first-order chi connectivity index (χ1) is 12.8. The second-order valence-electron chi connectivity index (χ2n) is 8.17. The summed E-state index contributed by atoms with van der Waals surface area (Å²) in [4.78, 5) is 20.2. The van der Waals surface area contributed by atoms with Gasteiger partial charge in [0.15, 0.2) is 5.96 Å². The number of anilines is 1. The van der Waals surface area contributed by atoms with E-state index in [0.717, 1.165) is 45.2 Å². The molecule has 9 heteroatoms. The molecule has 2 N–H and O–H groups in total. The zero-order valence-corrected chi connectivity index (χ0v) is 19.7. The van der Waals surface area contributed by atoms with Crippen LogP contribution in [0.5, 0.6) is 0 Å². The maximum atomic E-state index is 6.31. The van der Waals surface area contributed by atoms with E-state index < -0.39 is 0 Å². The van der Waals surface area contributed by atoms with Crippen LogP contribution in [0.1, 0.15) is 27.7 Å². The van der Waals surface area contributed by atoms with Crippen LogP contribution in [0.3, 0.4) is 0 Å². The molecule has 2 saturated heterocycles. The lowest BCUT2D eigenvalue weighted by Gasteiger charge is -2.44. The van der Waals surface area contributed by atoms with Crippen LogP contribution in [-0.4, -0.2) is 89.3 Å². The van der Waals surface area contributed by atoms with Gasteiger partial charge in [-0.15, -0.1) is 24.0 Å². The molecule has 0 radical (unpaired) electrons. The predicted octanol–water partition coefficient (Wildman–Crippen LogP) is 1.42. The Morgan fingerprint density at radius 2 is 1.71 bits per heavy atom. The van der Waals surface area contributed by atoms with E-state index in [1.54, 1.807) is 12.4 Å². The number of rotatable bonds is 4. The van der Waals surface area contributed by atoms with Crippen molar-refractivity contribution >= 4 is 35.9 Å². The lowest BCUT2D eigenvalue weighted by atomic mass is 10.0. The van der Waals surface area contributed by atoms with E-state index in [0.29, 0.717) is 12.5 Å². The molecule has 0 bridgehead atoms. The van der Waals surface area contributed by atoms with Crippen LogP contribution >= 0.6 is 24.0 Å². The number of aromatic nitrogens is 2. The molecule has 2 unspecified atom stereocenters. The quantitative estimate of drug-likeness (QED) is 0.378. The van der Waals surface area contributed by atoms with Crippen molar-refractivity contribution < 1.29 is 4.74 Å². The average Bonchev–Trinajstić information content (AvgIpc) is 2.66. The Balaban J connectivity index is 0.00000280. The van der Waals surface area contributed by atoms with E-state index >= 15 is 0 Å². The number of guanidine groups is 1. The number of nitrogens with two attached hydrogens (primary N) is 1. The van der Waals surface area contributed by atoms with Gasteiger partial charge in [-0.1, -0.05) is 0 Å². The molecule has 3 heterocycles. The number of piperazine rings is 1. The smallest absolute Gasteiger partial charge is 0.225 e. The Bertz CT molecular complexity index is 624. The summed E-state index contributed by atoms with van der Waals surface area (Å²) in [5.74, 6) is 1.41. The minimum absolute atomic E-state index is 0. The van der Waals surface area contributed by atoms with Gasteiger partial charge in [-0.05, 0) is 33.8 Å². The summed E-state index contributed by atoms with van der Waals surface area (Å²) in [6, 6.07) is 1.84. The normalized spacial score (nSPS) is 24.8. The van der Waals surface area contributed by atoms with Gasteiger partial charge in [-0.3, -0.25) is 9.89 Å². The van der Waals surface area contributed by atoms with E-state index in [9.17, 15) is 0 Å². The number of nitrogens with zero attached hydrogens (tertiary/aromatic N) is 6. The number of halogens is 1. The van der Waals surface area contributed by atoms with Crippen LogP contribution in [0.2, 0.25) is 0 Å². The molecular formula is C19H34IN7O. The van der Waals surface area contributed by atoms with Crippen LogP contribution in [0.4, 0.5) is 5.95 Å². The molecule has 28 heavy (non-hydrogen) atoms. The van der Waals surface area contributed by atoms with Gasteiger partial charge in [0.25, 0.3) is 0 Å². The lowest BCUT2D eigenvalue weighted by molar-refractivity contribution is -0.0939. The third-order valence-electron chi connectivity index (χ3n) is 5.34. The molecule has 0 amide bonds. The van der Waals surface area contributed by atoms with Gasteiger partial charge in [0.1, 0.15) is 0 Å². The minimum atomic E-state index is -0.0450. The van der Waals surface area contributed by atoms with Gasteiger partial charge in [0, 0.05) is 57.2 Å². The van der Waals surface area contributed by atoms with Crippen LogP contribution in [-0.2, 0) is 4.74 Å². The van der Waals surface area contributed by atoms with Crippen LogP contribution in [0, 0.1) is 0 Å². The van der Waals surface area contributed by atoms with Crippen molar-refractivity contribution in [1.82, 2.24) is 19.8 Å². The van der Waals surface area contributed by atoms with Crippen molar-refractivity contribution in [1.29, 1.82) is 0 Å². The topological polar surface area (TPSA) is 83.1 Å². The summed E-state index contributed by atoms with van der Waals surface area (Å²) in [6.07, 6.45) is 4.06. The number of hydrogen-bond acceptors (Lipinski definition) is 6. The highest BCUT2D eigenvalue weighted by Gasteiger charge is 2.33. The Labute approximate surface area is 185 Å². The van der Waals surface area contributed by atoms with Crippen molar-refractivity contribution in [3.63, 3.8) is 0 Å². The Morgan fingerprint density at radius 3 is 2.29 bits per heavy atom. The molecule has 2 aliphatic rings. The highest BCUT2D eigenvalue weighted by Crippen LogP contribution is 2.21. The first-order valence-corrected chi connectivity index (χ1v) is 9.82. The first-order valence-electron chi connectivity index (χ1n) is 9.82. The molecule has 0 spiro atoms. The van der Waals surface area contributed by atoms with E-state index in [4.69, 9.17) is 15.5 Å². The first kappa shape index (κ1) is 23.1. The number of hydrogen-bond donors (Lipinski definition) is 1. The van der Waals surface area contributed by atoms with Gasteiger partial charge >= 0.3 is 0 Å². The van der Waals surface area contributed by atoms with Crippen molar-refractivity contribution in [3.05, 3.63) is 18.5 Å². The molecule has 0 aliphatic carbocycles. The number of aliphatic imine (C=N–C) groups is 1. The standard InChI is InChI=1S/C19H33N7O.HI/c1-15-12-26(13-16(2)27-15)19(3,4)14-23-17(20)24-8-10-25(11-9-24)18-21-6-5-7-22-18;/h5-7,15-16H,8-14H2,1-4H3,(H2,20,23);1H. The number of ether oxygens (including phenoxy) is 1. The third kappa shape index (κ3) is 5.90. The summed E-state index contributed by atoms with van der Waals surface area (Å²) in [5.41, 5.74) is 6.26. The summed E-state index contributed by atoms with van der Waals surface area (Å²) < 4.78 is 5.85. The largest absolute Gasteiger partial charge is 0.373 e. The molecule has 2 atom stereocenters. The zero-order chi connectivity index (χ0) is 19.4. The summed E-state index contributed by atoms with van der Waals surface area (Å²) in [6.45, 7) is 14.6. The fraction of sp³-hybridized carbons (Fsp3) is 0.737. The van der Waals surface area contributed by atoms with Gasteiger partial charge < -0.3 is 20.3 Å². The van der Waals surface area contributed by atoms with Crippen molar-refractivity contribution in [3.8, 4) is 0 Å². The van der Waals surface area contributed by atoms with Gasteiger partial charge in [-0.25, -0.2) is 9.97 Å². The van der Waals surface area contributed by atoms with E-state index in [1.165, 1.54) is 0 Å². The van der Waals surface area contributed by atoms with Crippen LogP contribution in [0.15, 0.2) is 23.5 Å². The van der Waals surface area contributed by atoms with Crippen molar-refractivity contribution in [2.75, 3.05) is 50.7 Å². The molecule has 0 aromatic carbocycles. The van der Waals surface area contributed by atoms with Gasteiger partial charge in [0.05, 0.1) is 18.8 Å². The SMILES string of the molecule is CC1CN(C(C)(C)CN=C(N)N2CCN(c3ncccn3)CC2)CC(C)O1.I. The van der Waals surface area contributed by atoms with Crippen molar-refractivity contribution in [2.45, 2.75) is 45.4 Å². The van der Waals surface area contributed by atoms with Crippen molar-refractivity contribution in [2.24, 2.45) is 10.7 Å². The molecular weight excluding hydrogens is 469 g/mol. The molecule has 1 aromatic rings. The molecule has 3 rings (SSSR count). The molecule has 158 valence electrons. The van der Waals surface area contributed by atoms with E-state index in [1.807, 2.05) is 6.07 Å². The molecule has 8 nitrogen and oxygen atoms in total.